The fourth-order valence-electron chi connectivity index (χ4n) is 3.35. The molecule has 0 spiro atoms. The number of nitrogens with one attached hydrogen (secondary N) is 2. The van der Waals surface area contributed by atoms with Gasteiger partial charge in [0.15, 0.2) is 5.96 Å². The molecule has 3 rings (SSSR count). The Morgan fingerprint density at radius 1 is 1.25 bits per heavy atom. The van der Waals surface area contributed by atoms with Gasteiger partial charge in [-0.05, 0) is 26.0 Å². The average molecular weight is 389 g/mol. The molecule has 3 N–H and O–H groups in total. The molecule has 1 aliphatic heterocycles. The molecule has 0 radical (unpaired) electrons. The van der Waals surface area contributed by atoms with Crippen molar-refractivity contribution in [3.8, 4) is 0 Å². The van der Waals surface area contributed by atoms with Crippen LogP contribution in [-0.2, 0) is 11.2 Å². The molecule has 0 aliphatic carbocycles. The molecule has 1 atom stereocenters. The molecule has 0 amide bonds. The Kier molecular flexibility index (Phi) is 7.30. The van der Waals surface area contributed by atoms with Crippen molar-refractivity contribution in [3.05, 3.63) is 36.1 Å². The van der Waals surface area contributed by atoms with Gasteiger partial charge in [-0.1, -0.05) is 18.2 Å². The number of β-amino-alcohol motifs (C(OH)–C–C–N with tert-alkyl or cyclic N) is 1. The first-order chi connectivity index (χ1) is 13.6. The number of aliphatic imine (C=N–C) groups is 1. The molecule has 1 saturated heterocycles. The van der Waals surface area contributed by atoms with E-state index in [1.54, 1.807) is 0 Å². The van der Waals surface area contributed by atoms with Crippen LogP contribution >= 0.6 is 0 Å². The first-order valence-electron chi connectivity index (χ1n) is 10.1. The average Bonchev–Trinajstić information content (AvgIpc) is 3.09. The number of furan rings is 1. The maximum atomic E-state index is 10.7. The number of benzene rings is 1. The van der Waals surface area contributed by atoms with E-state index in [4.69, 9.17) is 9.15 Å². The summed E-state index contributed by atoms with van der Waals surface area (Å²) in [5.41, 5.74) is 0.0375. The maximum Gasteiger partial charge on any atom is 0.191 e. The van der Waals surface area contributed by atoms with E-state index in [-0.39, 0.29) is 0 Å². The number of nitrogens with zero attached hydrogens (tertiary/aromatic N) is 2. The number of aliphatic hydroxyl groups is 1. The first-order valence-corrected chi connectivity index (χ1v) is 10.1. The number of guanidine groups is 1. The second-order valence-corrected chi connectivity index (χ2v) is 7.51. The summed E-state index contributed by atoms with van der Waals surface area (Å²) in [4.78, 5) is 6.80. The van der Waals surface area contributed by atoms with Crippen LogP contribution in [0.2, 0.25) is 0 Å². The Balaban J connectivity index is 1.49. The lowest BCUT2D eigenvalue weighted by Crippen LogP contribution is -2.48. The van der Waals surface area contributed by atoms with Gasteiger partial charge in [0.25, 0.3) is 0 Å². The zero-order valence-electron chi connectivity index (χ0n) is 16.9. The second kappa shape index (κ2) is 9.91. The lowest BCUT2D eigenvalue weighted by Gasteiger charge is -2.33. The molecule has 1 aromatic carbocycles. The number of morpholine rings is 1. The molecule has 1 aliphatic rings. The van der Waals surface area contributed by atoms with Crippen molar-refractivity contribution in [2.75, 3.05) is 52.5 Å². The van der Waals surface area contributed by atoms with E-state index in [9.17, 15) is 5.11 Å². The highest BCUT2D eigenvalue weighted by atomic mass is 16.5. The van der Waals surface area contributed by atoms with Crippen LogP contribution in [0.15, 0.2) is 39.7 Å². The Morgan fingerprint density at radius 3 is 2.79 bits per heavy atom. The van der Waals surface area contributed by atoms with Gasteiger partial charge < -0.3 is 24.9 Å². The van der Waals surface area contributed by atoms with Crippen LogP contribution in [-0.4, -0.2) is 74.0 Å². The summed E-state index contributed by atoms with van der Waals surface area (Å²) >= 11 is 0. The summed E-state index contributed by atoms with van der Waals surface area (Å²) in [5.74, 6) is 1.66. The number of hydrogen-bond acceptors (Lipinski definition) is 5. The van der Waals surface area contributed by atoms with Gasteiger partial charge in [0.05, 0.1) is 25.4 Å². The van der Waals surface area contributed by atoms with E-state index in [1.807, 2.05) is 32.0 Å². The summed E-state index contributed by atoms with van der Waals surface area (Å²) in [5, 5.41) is 18.4. The molecule has 7 heteroatoms. The molecular formula is C21H32N4O3. The van der Waals surface area contributed by atoms with Gasteiger partial charge in [0.2, 0.25) is 0 Å². The molecule has 2 aromatic rings. The van der Waals surface area contributed by atoms with Crippen molar-refractivity contribution in [2.45, 2.75) is 25.9 Å². The summed E-state index contributed by atoms with van der Waals surface area (Å²) in [7, 11) is 0. The van der Waals surface area contributed by atoms with Gasteiger partial charge in [-0.25, -0.2) is 0 Å². The van der Waals surface area contributed by atoms with Crippen molar-refractivity contribution in [1.29, 1.82) is 0 Å². The minimum absolute atomic E-state index is 0.338. The van der Waals surface area contributed by atoms with Crippen LogP contribution in [0.1, 0.15) is 19.6 Å². The van der Waals surface area contributed by atoms with E-state index in [0.717, 1.165) is 56.0 Å². The Hall–Kier alpha value is -2.09. The molecule has 1 unspecified atom stereocenters. The smallest absolute Gasteiger partial charge is 0.191 e. The molecule has 7 nitrogen and oxygen atoms in total. The van der Waals surface area contributed by atoms with E-state index in [1.165, 1.54) is 0 Å². The molecule has 2 heterocycles. The van der Waals surface area contributed by atoms with Crippen LogP contribution in [0.25, 0.3) is 11.0 Å². The second-order valence-electron chi connectivity index (χ2n) is 7.51. The van der Waals surface area contributed by atoms with Gasteiger partial charge in [0.1, 0.15) is 11.3 Å². The third-order valence-corrected chi connectivity index (χ3v) is 4.73. The lowest BCUT2D eigenvalue weighted by molar-refractivity contribution is -0.0179. The molecule has 0 saturated carbocycles. The normalized spacial score (nSPS) is 18.2. The summed E-state index contributed by atoms with van der Waals surface area (Å²) in [6.45, 7) is 9.44. The number of ether oxygens (including phenoxy) is 1. The zero-order valence-corrected chi connectivity index (χ0v) is 16.9. The fourth-order valence-corrected chi connectivity index (χ4v) is 3.35. The highest BCUT2D eigenvalue weighted by Gasteiger charge is 2.25. The van der Waals surface area contributed by atoms with E-state index in [2.05, 4.69) is 32.7 Å². The molecule has 154 valence electrons. The third-order valence-electron chi connectivity index (χ3n) is 4.73. The van der Waals surface area contributed by atoms with E-state index >= 15 is 0 Å². The SMILES string of the molecule is CCNC(=NCC(C)(O)CN1CCOCC1)NCCc1cc2ccccc2o1. The first kappa shape index (κ1) is 20.6. The van der Waals surface area contributed by atoms with Crippen molar-refractivity contribution in [3.63, 3.8) is 0 Å². The topological polar surface area (TPSA) is 82.3 Å². The number of para-hydroxylation sites is 1. The van der Waals surface area contributed by atoms with Crippen LogP contribution in [0, 0.1) is 0 Å². The number of rotatable bonds is 8. The van der Waals surface area contributed by atoms with Crippen molar-refractivity contribution in [2.24, 2.45) is 4.99 Å². The summed E-state index contributed by atoms with van der Waals surface area (Å²) in [6.07, 6.45) is 0.767. The maximum absolute atomic E-state index is 10.7. The summed E-state index contributed by atoms with van der Waals surface area (Å²) in [6, 6.07) is 10.1. The van der Waals surface area contributed by atoms with E-state index in [0.29, 0.717) is 25.6 Å². The Morgan fingerprint density at radius 2 is 2.04 bits per heavy atom. The monoisotopic (exact) mass is 388 g/mol. The zero-order chi connectivity index (χ0) is 19.8. The Labute approximate surface area is 166 Å². The van der Waals surface area contributed by atoms with Crippen molar-refractivity contribution >= 4 is 16.9 Å². The molecular weight excluding hydrogens is 356 g/mol. The molecule has 0 bridgehead atoms. The molecule has 28 heavy (non-hydrogen) atoms. The summed E-state index contributed by atoms with van der Waals surface area (Å²) < 4.78 is 11.2. The standard InChI is InChI=1S/C21H32N4O3/c1-3-22-20(24-15-21(2,26)16-25-10-12-27-13-11-25)23-9-8-18-14-17-6-4-5-7-19(17)28-18/h4-7,14,26H,3,8-13,15-16H2,1-2H3,(H2,22,23,24). The van der Waals surface area contributed by atoms with Crippen LogP contribution in [0.3, 0.4) is 0 Å². The number of hydrogen-bond donors (Lipinski definition) is 3. The van der Waals surface area contributed by atoms with Gasteiger partial charge >= 0.3 is 0 Å². The predicted octanol–water partition coefficient (Wildman–Crippen LogP) is 1.61. The third kappa shape index (κ3) is 6.22. The largest absolute Gasteiger partial charge is 0.461 e. The van der Waals surface area contributed by atoms with Gasteiger partial charge in [-0.2, -0.15) is 0 Å². The van der Waals surface area contributed by atoms with E-state index < -0.39 is 5.60 Å². The minimum Gasteiger partial charge on any atom is -0.461 e. The quantitative estimate of drug-likeness (QED) is 0.471. The van der Waals surface area contributed by atoms with Gasteiger partial charge in [0, 0.05) is 44.5 Å². The Bertz CT molecular complexity index is 733. The van der Waals surface area contributed by atoms with Gasteiger partial charge in [-0.3, -0.25) is 9.89 Å². The molecule has 1 fully saturated rings. The van der Waals surface area contributed by atoms with Crippen molar-refractivity contribution < 1.29 is 14.3 Å². The van der Waals surface area contributed by atoms with Gasteiger partial charge in [-0.15, -0.1) is 0 Å². The highest BCUT2D eigenvalue weighted by molar-refractivity contribution is 5.80. The number of fused-ring (bicyclic) bond motifs is 1. The molecule has 1 aromatic heterocycles. The van der Waals surface area contributed by atoms with Crippen LogP contribution in [0.5, 0.6) is 0 Å². The van der Waals surface area contributed by atoms with Crippen LogP contribution in [0.4, 0.5) is 0 Å². The minimum atomic E-state index is -0.877. The highest BCUT2D eigenvalue weighted by Crippen LogP contribution is 2.18. The fraction of sp³-hybridized carbons (Fsp3) is 0.571. The van der Waals surface area contributed by atoms with Crippen LogP contribution < -0.4 is 10.6 Å². The lowest BCUT2D eigenvalue weighted by atomic mass is 10.1. The predicted molar refractivity (Wildman–Crippen MR) is 112 cm³/mol. The van der Waals surface area contributed by atoms with Crippen molar-refractivity contribution in [1.82, 2.24) is 15.5 Å².